The number of benzene rings is 2. The Morgan fingerprint density at radius 1 is 1.19 bits per heavy atom. The molecule has 0 saturated heterocycles. The minimum Gasteiger partial charge on any atom is -0.478 e. The number of nitrogens with one attached hydrogen (secondary N) is 1. The summed E-state index contributed by atoms with van der Waals surface area (Å²) in [5.74, 6) is -1.41. The summed E-state index contributed by atoms with van der Waals surface area (Å²) >= 11 is 9.06. The van der Waals surface area contributed by atoms with Crippen LogP contribution in [0.1, 0.15) is 15.9 Å². The molecule has 0 fully saturated rings. The van der Waals surface area contributed by atoms with E-state index in [1.54, 1.807) is 36.4 Å². The van der Waals surface area contributed by atoms with E-state index in [0.717, 1.165) is 5.56 Å². The largest absolute Gasteiger partial charge is 0.478 e. The van der Waals surface area contributed by atoms with Gasteiger partial charge in [-0.2, -0.15) is 0 Å². The maximum absolute atomic E-state index is 12.0. The maximum Gasteiger partial charge on any atom is 0.337 e. The lowest BCUT2D eigenvalue weighted by atomic mass is 10.1. The number of hydrogen-bond acceptors (Lipinski definition) is 2. The first-order valence-corrected chi connectivity index (χ1v) is 7.20. The number of anilines is 1. The van der Waals surface area contributed by atoms with Gasteiger partial charge in [-0.25, -0.2) is 4.79 Å². The highest BCUT2D eigenvalue weighted by Crippen LogP contribution is 2.21. The van der Waals surface area contributed by atoms with Crippen molar-refractivity contribution in [3.8, 4) is 0 Å². The minimum absolute atomic E-state index is 0.0313. The highest BCUT2D eigenvalue weighted by molar-refractivity contribution is 9.10. The maximum atomic E-state index is 12.0. The Balaban J connectivity index is 2.15. The molecule has 0 unspecified atom stereocenters. The second kappa shape index (κ2) is 6.74. The molecule has 0 spiro atoms. The van der Waals surface area contributed by atoms with E-state index in [1.807, 2.05) is 0 Å². The van der Waals surface area contributed by atoms with Crippen LogP contribution in [0.2, 0.25) is 5.02 Å². The molecule has 4 nitrogen and oxygen atoms in total. The number of rotatable bonds is 4. The van der Waals surface area contributed by atoms with Gasteiger partial charge in [0.1, 0.15) is 0 Å². The molecule has 0 radical (unpaired) electrons. The molecule has 0 aliphatic carbocycles. The van der Waals surface area contributed by atoms with Crippen LogP contribution in [0.5, 0.6) is 0 Å². The van der Waals surface area contributed by atoms with Crippen molar-refractivity contribution < 1.29 is 14.7 Å². The highest BCUT2D eigenvalue weighted by Gasteiger charge is 2.13. The Bertz CT molecular complexity index is 703. The Morgan fingerprint density at radius 2 is 1.95 bits per heavy atom. The predicted octanol–water partition coefficient (Wildman–Crippen LogP) is 3.98. The summed E-state index contributed by atoms with van der Waals surface area (Å²) in [6.45, 7) is 0. The van der Waals surface area contributed by atoms with E-state index in [1.165, 1.54) is 6.07 Å². The summed E-state index contributed by atoms with van der Waals surface area (Å²) < 4.78 is 0.632. The van der Waals surface area contributed by atoms with Crippen molar-refractivity contribution in [1.82, 2.24) is 0 Å². The fourth-order valence-electron chi connectivity index (χ4n) is 1.83. The highest BCUT2D eigenvalue weighted by atomic mass is 79.9. The Labute approximate surface area is 134 Å². The first-order chi connectivity index (χ1) is 9.95. The number of carbonyl (C=O) groups is 2. The summed E-state index contributed by atoms with van der Waals surface area (Å²) in [5, 5.41) is 12.3. The summed E-state index contributed by atoms with van der Waals surface area (Å²) in [7, 11) is 0. The zero-order valence-electron chi connectivity index (χ0n) is 10.8. The molecule has 0 bridgehead atoms. The lowest BCUT2D eigenvalue weighted by molar-refractivity contribution is -0.115. The van der Waals surface area contributed by atoms with Gasteiger partial charge in [-0.1, -0.05) is 39.7 Å². The van der Waals surface area contributed by atoms with Crippen molar-refractivity contribution >= 4 is 45.1 Å². The normalized spacial score (nSPS) is 10.2. The zero-order chi connectivity index (χ0) is 15.4. The second-order valence-corrected chi connectivity index (χ2v) is 5.70. The van der Waals surface area contributed by atoms with Crippen LogP contribution in [-0.2, 0) is 11.2 Å². The van der Waals surface area contributed by atoms with Crippen molar-refractivity contribution in [1.29, 1.82) is 0 Å². The smallest absolute Gasteiger partial charge is 0.337 e. The molecule has 21 heavy (non-hydrogen) atoms. The van der Waals surface area contributed by atoms with E-state index in [4.69, 9.17) is 16.7 Å². The molecule has 0 aliphatic heterocycles. The molecule has 2 N–H and O–H groups in total. The molecule has 2 rings (SSSR count). The van der Waals surface area contributed by atoms with Gasteiger partial charge in [-0.3, -0.25) is 4.79 Å². The first-order valence-electron chi connectivity index (χ1n) is 6.03. The van der Waals surface area contributed by atoms with Gasteiger partial charge in [0.25, 0.3) is 0 Å². The van der Waals surface area contributed by atoms with E-state index >= 15 is 0 Å². The van der Waals surface area contributed by atoms with Gasteiger partial charge in [0.15, 0.2) is 0 Å². The standard InChI is InChI=1S/C15H11BrClNO3/c16-10-4-5-13(12(8-10)15(20)21)18-14(19)7-9-2-1-3-11(17)6-9/h1-6,8H,7H2,(H,18,19)(H,20,21). The molecule has 6 heteroatoms. The molecule has 0 aromatic heterocycles. The van der Waals surface area contributed by atoms with Crippen LogP contribution in [0.15, 0.2) is 46.9 Å². The molecular formula is C15H11BrClNO3. The van der Waals surface area contributed by atoms with Crippen molar-refractivity contribution in [2.24, 2.45) is 0 Å². The van der Waals surface area contributed by atoms with E-state index in [2.05, 4.69) is 21.2 Å². The molecule has 1 amide bonds. The average molecular weight is 369 g/mol. The van der Waals surface area contributed by atoms with E-state index in [0.29, 0.717) is 9.50 Å². The average Bonchev–Trinajstić information content (AvgIpc) is 2.40. The van der Waals surface area contributed by atoms with Crippen LogP contribution in [0.25, 0.3) is 0 Å². The number of carboxylic acids is 1. The van der Waals surface area contributed by atoms with Crippen LogP contribution in [0.3, 0.4) is 0 Å². The Morgan fingerprint density at radius 3 is 2.62 bits per heavy atom. The van der Waals surface area contributed by atoms with E-state index < -0.39 is 5.97 Å². The predicted molar refractivity (Wildman–Crippen MR) is 84.9 cm³/mol. The summed E-state index contributed by atoms with van der Waals surface area (Å²) in [5.41, 5.74) is 1.05. The van der Waals surface area contributed by atoms with Crippen molar-refractivity contribution in [2.75, 3.05) is 5.32 Å². The van der Waals surface area contributed by atoms with Crippen LogP contribution in [-0.4, -0.2) is 17.0 Å². The fraction of sp³-hybridized carbons (Fsp3) is 0.0667. The van der Waals surface area contributed by atoms with Gasteiger partial charge in [-0.15, -0.1) is 0 Å². The minimum atomic E-state index is -1.10. The topological polar surface area (TPSA) is 66.4 Å². The monoisotopic (exact) mass is 367 g/mol. The number of halogens is 2. The van der Waals surface area contributed by atoms with Crippen LogP contribution in [0.4, 0.5) is 5.69 Å². The quantitative estimate of drug-likeness (QED) is 0.858. The van der Waals surface area contributed by atoms with Crippen molar-refractivity contribution in [3.63, 3.8) is 0 Å². The third-order valence-corrected chi connectivity index (χ3v) is 3.47. The van der Waals surface area contributed by atoms with Gasteiger partial charge >= 0.3 is 5.97 Å². The number of hydrogen-bond donors (Lipinski definition) is 2. The molecule has 0 aliphatic rings. The van der Waals surface area contributed by atoms with Crippen molar-refractivity contribution in [2.45, 2.75) is 6.42 Å². The molecule has 0 atom stereocenters. The van der Waals surface area contributed by atoms with Gasteiger partial charge in [0.05, 0.1) is 17.7 Å². The number of carbonyl (C=O) groups excluding carboxylic acids is 1. The number of aromatic carboxylic acids is 1. The van der Waals surface area contributed by atoms with Gasteiger partial charge in [-0.05, 0) is 35.9 Å². The van der Waals surface area contributed by atoms with Crippen molar-refractivity contribution in [3.05, 3.63) is 63.1 Å². The number of carboxylic acid groups (broad SMARTS) is 1. The molecule has 2 aromatic rings. The third kappa shape index (κ3) is 4.31. The van der Waals surface area contributed by atoms with Crippen LogP contribution in [0, 0.1) is 0 Å². The molecule has 0 saturated carbocycles. The molecular weight excluding hydrogens is 358 g/mol. The Kier molecular flexibility index (Phi) is 4.98. The first kappa shape index (κ1) is 15.5. The van der Waals surface area contributed by atoms with E-state index in [9.17, 15) is 9.59 Å². The summed E-state index contributed by atoms with van der Waals surface area (Å²) in [6, 6.07) is 11.6. The lowest BCUT2D eigenvalue weighted by Gasteiger charge is -2.09. The molecule has 2 aromatic carbocycles. The summed E-state index contributed by atoms with van der Waals surface area (Å²) in [4.78, 5) is 23.2. The van der Waals surface area contributed by atoms with E-state index in [-0.39, 0.29) is 23.6 Å². The third-order valence-electron chi connectivity index (χ3n) is 2.74. The summed E-state index contributed by atoms with van der Waals surface area (Å²) in [6.07, 6.45) is 0.121. The lowest BCUT2D eigenvalue weighted by Crippen LogP contribution is -2.16. The van der Waals surface area contributed by atoms with Crippen LogP contribution < -0.4 is 5.32 Å². The Hall–Kier alpha value is -1.85. The molecule has 108 valence electrons. The second-order valence-electron chi connectivity index (χ2n) is 4.35. The van der Waals surface area contributed by atoms with Gasteiger partial charge in [0.2, 0.25) is 5.91 Å². The molecule has 0 heterocycles. The number of amides is 1. The zero-order valence-corrected chi connectivity index (χ0v) is 13.1. The van der Waals surface area contributed by atoms with Gasteiger partial charge < -0.3 is 10.4 Å². The van der Waals surface area contributed by atoms with Crippen LogP contribution >= 0.6 is 27.5 Å². The fourth-order valence-corrected chi connectivity index (χ4v) is 2.40. The van der Waals surface area contributed by atoms with Gasteiger partial charge in [0, 0.05) is 9.50 Å². The SMILES string of the molecule is O=C(Cc1cccc(Cl)c1)Nc1ccc(Br)cc1C(=O)O.